The molecule has 1 rings (SSSR count). The van der Waals surface area contributed by atoms with E-state index in [0.29, 0.717) is 4.47 Å². The van der Waals surface area contributed by atoms with Crippen molar-refractivity contribution < 1.29 is 18.0 Å². The number of nitrogens with two attached hydrogens (primary N) is 1. The number of hydrogen-bond donors (Lipinski definition) is 1. The maximum absolute atomic E-state index is 12.3. The number of ketones is 1. The van der Waals surface area contributed by atoms with Gasteiger partial charge in [-0.1, -0.05) is 15.9 Å². The van der Waals surface area contributed by atoms with Crippen molar-refractivity contribution in [3.05, 3.63) is 33.8 Å². The summed E-state index contributed by atoms with van der Waals surface area (Å²) in [5.41, 5.74) is 4.17. The third-order valence-electron chi connectivity index (χ3n) is 1.78. The summed E-state index contributed by atoms with van der Waals surface area (Å²) >= 11 is 2.99. The average molecular weight is 282 g/mol. The van der Waals surface area contributed by atoms with E-state index in [1.807, 2.05) is 0 Å². The van der Waals surface area contributed by atoms with E-state index in [9.17, 15) is 18.0 Å². The van der Waals surface area contributed by atoms with Crippen molar-refractivity contribution in [1.29, 1.82) is 0 Å². The lowest BCUT2D eigenvalue weighted by Crippen LogP contribution is -2.15. The number of alkyl halides is 3. The van der Waals surface area contributed by atoms with Gasteiger partial charge in [0.25, 0.3) is 0 Å². The topological polar surface area (TPSA) is 43.1 Å². The second-order valence-electron chi connectivity index (χ2n) is 2.82. The summed E-state index contributed by atoms with van der Waals surface area (Å²) in [6, 6.07) is 2.88. The maximum atomic E-state index is 12.3. The van der Waals surface area contributed by atoms with Crippen LogP contribution in [-0.4, -0.2) is 12.3 Å². The molecule has 0 saturated heterocycles. The second-order valence-corrected chi connectivity index (χ2v) is 3.67. The van der Waals surface area contributed by atoms with E-state index in [0.717, 1.165) is 12.1 Å². The minimum absolute atomic E-state index is 0.0488. The van der Waals surface area contributed by atoms with Crippen LogP contribution in [0.1, 0.15) is 15.9 Å². The molecule has 0 aliphatic rings. The molecule has 0 bridgehead atoms. The lowest BCUT2D eigenvalue weighted by Gasteiger charge is -2.09. The highest BCUT2D eigenvalue weighted by Gasteiger charge is 2.31. The minimum atomic E-state index is -4.45. The summed E-state index contributed by atoms with van der Waals surface area (Å²) < 4.78 is 37.2. The predicted molar refractivity (Wildman–Crippen MR) is 52.5 cm³/mol. The first-order chi connectivity index (χ1) is 6.86. The van der Waals surface area contributed by atoms with Crippen LogP contribution in [0.2, 0.25) is 0 Å². The third-order valence-corrected chi connectivity index (χ3v) is 2.47. The molecule has 1 aromatic carbocycles. The zero-order valence-electron chi connectivity index (χ0n) is 7.44. The summed E-state index contributed by atoms with van der Waals surface area (Å²) in [5.74, 6) is -0.534. The number of carbonyl (C=O) groups is 1. The van der Waals surface area contributed by atoms with Gasteiger partial charge in [-0.15, -0.1) is 0 Å². The van der Waals surface area contributed by atoms with Gasteiger partial charge in [0.15, 0.2) is 5.78 Å². The molecule has 0 radical (unpaired) electrons. The quantitative estimate of drug-likeness (QED) is 0.847. The molecule has 0 aliphatic heterocycles. The molecular formula is C9H7BrF3NO. The molecule has 15 heavy (non-hydrogen) atoms. The van der Waals surface area contributed by atoms with Gasteiger partial charge in [-0.25, -0.2) is 0 Å². The van der Waals surface area contributed by atoms with E-state index in [2.05, 4.69) is 15.9 Å². The van der Waals surface area contributed by atoms with Crippen molar-refractivity contribution in [3.8, 4) is 0 Å². The predicted octanol–water partition coefficient (Wildman–Crippen LogP) is 2.61. The lowest BCUT2D eigenvalue weighted by molar-refractivity contribution is -0.137. The Morgan fingerprint density at radius 1 is 1.40 bits per heavy atom. The average Bonchev–Trinajstić information content (AvgIpc) is 2.15. The fraction of sp³-hybridized carbons (Fsp3) is 0.222. The van der Waals surface area contributed by atoms with Gasteiger partial charge >= 0.3 is 6.18 Å². The molecule has 0 saturated carbocycles. The Morgan fingerprint density at radius 3 is 2.47 bits per heavy atom. The van der Waals surface area contributed by atoms with Crippen LogP contribution in [0.15, 0.2) is 22.7 Å². The smallest absolute Gasteiger partial charge is 0.324 e. The molecule has 0 heterocycles. The SMILES string of the molecule is NCC(=O)c1cc(C(F)(F)F)ccc1Br. The van der Waals surface area contributed by atoms with Gasteiger partial charge in [-0.3, -0.25) is 4.79 Å². The fourth-order valence-electron chi connectivity index (χ4n) is 1.03. The Morgan fingerprint density at radius 2 is 2.00 bits per heavy atom. The van der Waals surface area contributed by atoms with Crippen LogP contribution in [0.5, 0.6) is 0 Å². The van der Waals surface area contributed by atoms with Crippen molar-refractivity contribution in [1.82, 2.24) is 0 Å². The zero-order chi connectivity index (χ0) is 11.6. The first-order valence-corrected chi connectivity index (χ1v) is 4.75. The molecule has 0 amide bonds. The molecule has 2 N–H and O–H groups in total. The Bertz CT molecular complexity index is 389. The third kappa shape index (κ3) is 2.79. The van der Waals surface area contributed by atoms with Crippen LogP contribution in [0.3, 0.4) is 0 Å². The Hall–Kier alpha value is -0.880. The number of halogens is 4. The highest BCUT2D eigenvalue weighted by atomic mass is 79.9. The number of carbonyl (C=O) groups excluding carboxylic acids is 1. The molecular weight excluding hydrogens is 275 g/mol. The highest BCUT2D eigenvalue weighted by Crippen LogP contribution is 2.31. The van der Waals surface area contributed by atoms with Crippen LogP contribution < -0.4 is 5.73 Å². The van der Waals surface area contributed by atoms with Crippen LogP contribution in [0, 0.1) is 0 Å². The summed E-state index contributed by atoms with van der Waals surface area (Å²) in [6.45, 7) is -0.320. The van der Waals surface area contributed by atoms with Gasteiger partial charge in [0, 0.05) is 10.0 Å². The summed E-state index contributed by atoms with van der Waals surface area (Å²) in [5, 5.41) is 0. The van der Waals surface area contributed by atoms with E-state index >= 15 is 0 Å². The first kappa shape index (κ1) is 12.2. The maximum Gasteiger partial charge on any atom is 0.416 e. The van der Waals surface area contributed by atoms with E-state index in [1.54, 1.807) is 0 Å². The van der Waals surface area contributed by atoms with Crippen LogP contribution in [0.25, 0.3) is 0 Å². The van der Waals surface area contributed by atoms with Crippen LogP contribution in [-0.2, 0) is 6.18 Å². The highest BCUT2D eigenvalue weighted by molar-refractivity contribution is 9.10. The van der Waals surface area contributed by atoms with Crippen LogP contribution in [0.4, 0.5) is 13.2 Å². The van der Waals surface area contributed by atoms with Gasteiger partial charge in [0.05, 0.1) is 12.1 Å². The molecule has 0 unspecified atom stereocenters. The molecule has 0 aliphatic carbocycles. The molecule has 0 fully saturated rings. The van der Waals surface area contributed by atoms with Gasteiger partial charge in [-0.05, 0) is 18.2 Å². The molecule has 2 nitrogen and oxygen atoms in total. The Balaban J connectivity index is 3.23. The summed E-state index contributed by atoms with van der Waals surface area (Å²) in [6.07, 6.45) is -4.45. The van der Waals surface area contributed by atoms with Gasteiger partial charge in [-0.2, -0.15) is 13.2 Å². The Labute approximate surface area is 92.4 Å². The molecule has 0 spiro atoms. The van der Waals surface area contributed by atoms with E-state index in [4.69, 9.17) is 5.73 Å². The normalized spacial score (nSPS) is 11.5. The first-order valence-electron chi connectivity index (χ1n) is 3.96. The molecule has 1 aromatic rings. The van der Waals surface area contributed by atoms with Gasteiger partial charge in [0.1, 0.15) is 0 Å². The van der Waals surface area contributed by atoms with E-state index < -0.39 is 17.5 Å². The van der Waals surface area contributed by atoms with E-state index in [1.165, 1.54) is 6.07 Å². The summed E-state index contributed by atoms with van der Waals surface area (Å²) in [4.78, 5) is 11.2. The summed E-state index contributed by atoms with van der Waals surface area (Å²) in [7, 11) is 0. The van der Waals surface area contributed by atoms with Crippen molar-refractivity contribution in [2.24, 2.45) is 5.73 Å². The number of rotatable bonds is 2. The Kier molecular flexibility index (Phi) is 3.51. The molecule has 0 atom stereocenters. The molecule has 0 aromatic heterocycles. The number of benzene rings is 1. The van der Waals surface area contributed by atoms with Gasteiger partial charge < -0.3 is 5.73 Å². The molecule has 6 heteroatoms. The van der Waals surface area contributed by atoms with E-state index in [-0.39, 0.29) is 12.1 Å². The number of Topliss-reactive ketones (excluding diaryl/α,β-unsaturated/α-hetero) is 1. The van der Waals surface area contributed by atoms with Crippen molar-refractivity contribution >= 4 is 21.7 Å². The van der Waals surface area contributed by atoms with Crippen molar-refractivity contribution in [2.75, 3.05) is 6.54 Å². The fourth-order valence-corrected chi connectivity index (χ4v) is 1.49. The van der Waals surface area contributed by atoms with Gasteiger partial charge in [0.2, 0.25) is 0 Å². The van der Waals surface area contributed by atoms with Crippen LogP contribution >= 0.6 is 15.9 Å². The second kappa shape index (κ2) is 4.32. The monoisotopic (exact) mass is 281 g/mol. The van der Waals surface area contributed by atoms with Crippen molar-refractivity contribution in [2.45, 2.75) is 6.18 Å². The lowest BCUT2D eigenvalue weighted by atomic mass is 10.1. The minimum Gasteiger partial charge on any atom is -0.324 e. The number of hydrogen-bond acceptors (Lipinski definition) is 2. The largest absolute Gasteiger partial charge is 0.416 e. The molecule has 82 valence electrons. The standard InChI is InChI=1S/C9H7BrF3NO/c10-7-2-1-5(9(11,12)13)3-6(7)8(15)4-14/h1-3H,4,14H2. The zero-order valence-corrected chi connectivity index (χ0v) is 9.02. The van der Waals surface area contributed by atoms with Crippen molar-refractivity contribution in [3.63, 3.8) is 0 Å².